The van der Waals surface area contributed by atoms with E-state index in [1.165, 1.54) is 12.8 Å². The van der Waals surface area contributed by atoms with Crippen molar-refractivity contribution in [2.45, 2.75) is 30.3 Å². The highest BCUT2D eigenvalue weighted by molar-refractivity contribution is 7.99. The van der Waals surface area contributed by atoms with Crippen LogP contribution < -0.4 is 5.32 Å². The molecule has 18 heavy (non-hydrogen) atoms. The number of aliphatic hydroxyl groups excluding tert-OH is 1. The van der Waals surface area contributed by atoms with Gasteiger partial charge < -0.3 is 10.4 Å². The van der Waals surface area contributed by atoms with Gasteiger partial charge in [0, 0.05) is 11.9 Å². The van der Waals surface area contributed by atoms with E-state index in [2.05, 4.69) is 17.2 Å². The summed E-state index contributed by atoms with van der Waals surface area (Å²) in [6, 6.07) is 3.77. The summed E-state index contributed by atoms with van der Waals surface area (Å²) in [6.07, 6.45) is 4.08. The fourth-order valence-corrected chi connectivity index (χ4v) is 3.42. The van der Waals surface area contributed by atoms with Crippen LogP contribution in [0.1, 0.15) is 19.8 Å². The fraction of sp³-hybridized carbons (Fsp3) is 0.615. The number of aliphatic hydroxyl groups is 1. The van der Waals surface area contributed by atoms with E-state index in [0.29, 0.717) is 10.9 Å². The van der Waals surface area contributed by atoms with E-state index < -0.39 is 0 Å². The molecule has 1 atom stereocenters. The smallest absolute Gasteiger partial charge is 0.0961 e. The quantitative estimate of drug-likeness (QED) is 0.756. The highest BCUT2D eigenvalue weighted by atomic mass is 35.5. The lowest BCUT2D eigenvalue weighted by Crippen LogP contribution is -2.52. The van der Waals surface area contributed by atoms with E-state index in [1.54, 1.807) is 18.0 Å². The van der Waals surface area contributed by atoms with E-state index in [1.807, 2.05) is 12.1 Å². The minimum Gasteiger partial charge on any atom is -0.394 e. The molecular formula is C13H19ClN2OS. The Morgan fingerprint density at radius 3 is 2.83 bits per heavy atom. The molecule has 1 aliphatic carbocycles. The van der Waals surface area contributed by atoms with Crippen LogP contribution in [0.15, 0.2) is 23.4 Å². The SMILES string of the molecule is CCNC(CO)(CSc1ccc(Cl)cn1)C1CC1. The van der Waals surface area contributed by atoms with Gasteiger partial charge in [0.25, 0.3) is 0 Å². The van der Waals surface area contributed by atoms with Crippen LogP contribution in [-0.4, -0.2) is 34.5 Å². The number of nitrogens with one attached hydrogen (secondary N) is 1. The standard InChI is InChI=1S/C13H19ClN2OS/c1-2-16-13(8-17,10-3-4-10)9-18-12-6-5-11(14)7-15-12/h5-7,10,16-17H,2-4,8-9H2,1H3. The summed E-state index contributed by atoms with van der Waals surface area (Å²) < 4.78 is 0. The molecule has 0 aliphatic heterocycles. The molecule has 2 N–H and O–H groups in total. The Hall–Kier alpha value is -0.290. The molecule has 0 radical (unpaired) electrons. The van der Waals surface area contributed by atoms with Crippen molar-refractivity contribution in [2.24, 2.45) is 5.92 Å². The summed E-state index contributed by atoms with van der Waals surface area (Å²) in [4.78, 5) is 4.28. The molecule has 5 heteroatoms. The molecule has 0 spiro atoms. The minimum atomic E-state index is -0.152. The van der Waals surface area contributed by atoms with Crippen molar-refractivity contribution < 1.29 is 5.11 Å². The number of thioether (sulfide) groups is 1. The molecule has 3 nitrogen and oxygen atoms in total. The van der Waals surface area contributed by atoms with Crippen molar-refractivity contribution in [3.63, 3.8) is 0 Å². The topological polar surface area (TPSA) is 45.1 Å². The minimum absolute atomic E-state index is 0.152. The molecule has 0 bridgehead atoms. The third-order valence-corrected chi connectivity index (χ3v) is 4.77. The van der Waals surface area contributed by atoms with Gasteiger partial charge in [0.2, 0.25) is 0 Å². The van der Waals surface area contributed by atoms with Crippen LogP contribution in [0.4, 0.5) is 0 Å². The van der Waals surface area contributed by atoms with Gasteiger partial charge in [-0.25, -0.2) is 4.98 Å². The van der Waals surface area contributed by atoms with Gasteiger partial charge >= 0.3 is 0 Å². The van der Waals surface area contributed by atoms with Crippen LogP contribution in [0.2, 0.25) is 5.02 Å². The van der Waals surface area contributed by atoms with Gasteiger partial charge in [-0.05, 0) is 37.4 Å². The second-order valence-corrected chi connectivity index (χ2v) is 6.15. The van der Waals surface area contributed by atoms with E-state index in [-0.39, 0.29) is 12.1 Å². The lowest BCUT2D eigenvalue weighted by atomic mass is 9.97. The van der Waals surface area contributed by atoms with Crippen LogP contribution in [0.5, 0.6) is 0 Å². The molecule has 1 heterocycles. The van der Waals surface area contributed by atoms with E-state index in [0.717, 1.165) is 17.3 Å². The average molecular weight is 287 g/mol. The van der Waals surface area contributed by atoms with Gasteiger partial charge in [-0.3, -0.25) is 0 Å². The third kappa shape index (κ3) is 3.38. The molecule has 1 saturated carbocycles. The number of hydrogen-bond donors (Lipinski definition) is 2. The summed E-state index contributed by atoms with van der Waals surface area (Å²) in [6.45, 7) is 3.15. The van der Waals surface area contributed by atoms with E-state index in [4.69, 9.17) is 11.6 Å². The predicted octanol–water partition coefficient (Wildman–Crippen LogP) is 2.58. The summed E-state index contributed by atoms with van der Waals surface area (Å²) in [5.41, 5.74) is -0.152. The molecular weight excluding hydrogens is 268 g/mol. The second-order valence-electron chi connectivity index (χ2n) is 4.72. The maximum atomic E-state index is 9.72. The van der Waals surface area contributed by atoms with Crippen LogP contribution in [0, 0.1) is 5.92 Å². The highest BCUT2D eigenvalue weighted by Crippen LogP contribution is 2.42. The first-order valence-electron chi connectivity index (χ1n) is 6.30. The summed E-state index contributed by atoms with van der Waals surface area (Å²) >= 11 is 7.49. The molecule has 1 unspecified atom stereocenters. The summed E-state index contributed by atoms with van der Waals surface area (Å²) in [5.74, 6) is 1.44. The van der Waals surface area contributed by atoms with E-state index >= 15 is 0 Å². The van der Waals surface area contributed by atoms with Gasteiger partial charge in [-0.1, -0.05) is 18.5 Å². The molecule has 1 fully saturated rings. The molecule has 1 aromatic heterocycles. The summed E-state index contributed by atoms with van der Waals surface area (Å²) in [7, 11) is 0. The molecule has 1 aromatic rings. The number of halogens is 1. The van der Waals surface area contributed by atoms with Gasteiger partial charge in [-0.15, -0.1) is 11.8 Å². The maximum absolute atomic E-state index is 9.72. The lowest BCUT2D eigenvalue weighted by molar-refractivity contribution is 0.161. The Morgan fingerprint density at radius 2 is 2.33 bits per heavy atom. The van der Waals surface area contributed by atoms with E-state index in [9.17, 15) is 5.11 Å². The van der Waals surface area contributed by atoms with Crippen LogP contribution in [0.3, 0.4) is 0 Å². The number of likely N-dealkylation sites (N-methyl/N-ethyl adjacent to an activating group) is 1. The van der Waals surface area contributed by atoms with Crippen LogP contribution in [0.25, 0.3) is 0 Å². The third-order valence-electron chi connectivity index (χ3n) is 3.35. The Kier molecular flexibility index (Phi) is 4.90. The van der Waals surface area contributed by atoms with Crippen LogP contribution >= 0.6 is 23.4 Å². The Morgan fingerprint density at radius 1 is 1.56 bits per heavy atom. The molecule has 1 aliphatic rings. The highest BCUT2D eigenvalue weighted by Gasteiger charge is 2.44. The first-order valence-corrected chi connectivity index (χ1v) is 7.67. The van der Waals surface area contributed by atoms with Crippen molar-refractivity contribution in [1.29, 1.82) is 0 Å². The van der Waals surface area contributed by atoms with Gasteiger partial charge in [0.05, 0.1) is 22.2 Å². The number of nitrogens with zero attached hydrogens (tertiary/aromatic N) is 1. The monoisotopic (exact) mass is 286 g/mol. The van der Waals surface area contributed by atoms with Gasteiger partial charge in [0.1, 0.15) is 0 Å². The molecule has 0 amide bonds. The predicted molar refractivity (Wildman–Crippen MR) is 76.2 cm³/mol. The number of pyridine rings is 1. The largest absolute Gasteiger partial charge is 0.394 e. The molecule has 2 rings (SSSR count). The summed E-state index contributed by atoms with van der Waals surface area (Å²) in [5, 5.41) is 14.8. The van der Waals surface area contributed by atoms with Gasteiger partial charge in [0.15, 0.2) is 0 Å². The lowest BCUT2D eigenvalue weighted by Gasteiger charge is -2.32. The number of rotatable bonds is 7. The zero-order valence-electron chi connectivity index (χ0n) is 10.5. The van der Waals surface area contributed by atoms with Crippen LogP contribution in [-0.2, 0) is 0 Å². The zero-order valence-corrected chi connectivity index (χ0v) is 12.1. The first kappa shape index (κ1) is 14.1. The Balaban J connectivity index is 1.98. The Labute approximate surface area is 117 Å². The fourth-order valence-electron chi connectivity index (χ4n) is 2.18. The number of hydrogen-bond acceptors (Lipinski definition) is 4. The Bertz CT molecular complexity index is 383. The number of aromatic nitrogens is 1. The molecule has 100 valence electrons. The first-order chi connectivity index (χ1) is 8.70. The molecule has 0 aromatic carbocycles. The van der Waals surface area contributed by atoms with Crippen molar-refractivity contribution in [1.82, 2.24) is 10.3 Å². The van der Waals surface area contributed by atoms with Crippen molar-refractivity contribution in [3.8, 4) is 0 Å². The van der Waals surface area contributed by atoms with Crippen molar-refractivity contribution >= 4 is 23.4 Å². The average Bonchev–Trinajstić information content (AvgIpc) is 3.21. The second kappa shape index (κ2) is 6.24. The van der Waals surface area contributed by atoms with Gasteiger partial charge in [-0.2, -0.15) is 0 Å². The molecule has 0 saturated heterocycles. The zero-order chi connectivity index (χ0) is 13.0. The van der Waals surface area contributed by atoms with Crippen molar-refractivity contribution in [3.05, 3.63) is 23.4 Å². The maximum Gasteiger partial charge on any atom is 0.0961 e. The van der Waals surface area contributed by atoms with Crippen molar-refractivity contribution in [2.75, 3.05) is 18.9 Å². The normalized spacial score (nSPS) is 18.6.